The molecule has 0 atom stereocenters. The molecule has 0 unspecified atom stereocenters. The third-order valence-electron chi connectivity index (χ3n) is 0.989. The minimum absolute atomic E-state index is 0.0579. The lowest BCUT2D eigenvalue weighted by Gasteiger charge is -1.94. The molecule has 0 bridgehead atoms. The van der Waals surface area contributed by atoms with Gasteiger partial charge in [-0.3, -0.25) is 0 Å². The van der Waals surface area contributed by atoms with Crippen LogP contribution in [0.3, 0.4) is 0 Å². The maximum Gasteiger partial charge on any atom is 0.192 e. The molecule has 1 rings (SSSR count). The van der Waals surface area contributed by atoms with Crippen molar-refractivity contribution in [2.45, 2.75) is 5.03 Å². The third kappa shape index (κ3) is 2.13. The zero-order valence-corrected chi connectivity index (χ0v) is 7.22. The van der Waals surface area contributed by atoms with Crippen LogP contribution in [0.5, 0.6) is 0 Å². The summed E-state index contributed by atoms with van der Waals surface area (Å²) >= 11 is 5.44. The van der Waals surface area contributed by atoms with Crippen LogP contribution >= 0.6 is 11.6 Å². The van der Waals surface area contributed by atoms with Crippen LogP contribution in [-0.2, 0) is 9.84 Å². The molecule has 0 aliphatic rings. The first-order valence-corrected chi connectivity index (χ1v) is 4.95. The highest BCUT2D eigenvalue weighted by Gasteiger charge is 2.08. The van der Waals surface area contributed by atoms with Crippen LogP contribution in [-0.4, -0.2) is 24.6 Å². The van der Waals surface area contributed by atoms with Gasteiger partial charge in [0.1, 0.15) is 11.5 Å². The van der Waals surface area contributed by atoms with Crippen molar-refractivity contribution in [2.75, 3.05) is 6.26 Å². The molecule has 0 spiro atoms. The summed E-state index contributed by atoms with van der Waals surface area (Å²) < 4.78 is 21.7. The van der Waals surface area contributed by atoms with E-state index >= 15 is 0 Å². The molecule has 60 valence electrons. The van der Waals surface area contributed by atoms with E-state index in [0.29, 0.717) is 0 Å². The molecule has 1 aromatic rings. The highest BCUT2D eigenvalue weighted by Crippen LogP contribution is 2.08. The van der Waals surface area contributed by atoms with Crippen LogP contribution in [0.4, 0.5) is 0 Å². The molecule has 0 saturated carbocycles. The number of sulfone groups is 1. The van der Waals surface area contributed by atoms with E-state index in [0.717, 1.165) is 12.6 Å². The molecule has 0 saturated heterocycles. The van der Waals surface area contributed by atoms with Gasteiger partial charge in [-0.05, 0) is 0 Å². The lowest BCUT2D eigenvalue weighted by molar-refractivity contribution is 0.598. The number of hydrogen-bond acceptors (Lipinski definition) is 4. The van der Waals surface area contributed by atoms with Gasteiger partial charge >= 0.3 is 0 Å². The van der Waals surface area contributed by atoms with Crippen molar-refractivity contribution < 1.29 is 8.42 Å². The van der Waals surface area contributed by atoms with Gasteiger partial charge in [-0.15, -0.1) is 0 Å². The van der Waals surface area contributed by atoms with E-state index in [-0.39, 0.29) is 10.2 Å². The van der Waals surface area contributed by atoms with Gasteiger partial charge in [0.15, 0.2) is 14.9 Å². The topological polar surface area (TPSA) is 59.9 Å². The molecular formula is C5H5ClN2O2S. The Balaban J connectivity index is 3.28. The Morgan fingerprint density at radius 1 is 1.45 bits per heavy atom. The van der Waals surface area contributed by atoms with E-state index in [2.05, 4.69) is 9.97 Å². The average Bonchev–Trinajstić information content (AvgIpc) is 1.86. The minimum Gasteiger partial charge on any atom is -0.225 e. The summed E-state index contributed by atoms with van der Waals surface area (Å²) in [6.07, 6.45) is 2.17. The molecule has 0 amide bonds. The van der Waals surface area contributed by atoms with Crippen LogP contribution in [0.15, 0.2) is 17.4 Å². The number of rotatable bonds is 1. The zero-order valence-electron chi connectivity index (χ0n) is 5.65. The summed E-state index contributed by atoms with van der Waals surface area (Å²) in [5.74, 6) is 0. The van der Waals surface area contributed by atoms with E-state index in [1.54, 1.807) is 0 Å². The van der Waals surface area contributed by atoms with E-state index < -0.39 is 9.84 Å². The van der Waals surface area contributed by atoms with Crippen molar-refractivity contribution in [1.82, 2.24) is 9.97 Å². The fourth-order valence-corrected chi connectivity index (χ4v) is 1.30. The van der Waals surface area contributed by atoms with Crippen LogP contribution in [0.1, 0.15) is 0 Å². The van der Waals surface area contributed by atoms with Gasteiger partial charge < -0.3 is 0 Å². The van der Waals surface area contributed by atoms with Crippen LogP contribution < -0.4 is 0 Å². The number of halogens is 1. The Morgan fingerprint density at radius 3 is 2.45 bits per heavy atom. The number of hydrogen-bond donors (Lipinski definition) is 0. The molecule has 0 radical (unpaired) electrons. The Bertz CT molecular complexity index is 363. The maximum atomic E-state index is 10.8. The molecular weight excluding hydrogens is 188 g/mol. The molecule has 0 N–H and O–H groups in total. The Labute approximate surface area is 69.2 Å². The molecule has 11 heavy (non-hydrogen) atoms. The second-order valence-corrected chi connectivity index (χ2v) is 4.30. The molecule has 0 fully saturated rings. The summed E-state index contributed by atoms with van der Waals surface area (Å²) in [6, 6.07) is 1.21. The molecule has 0 aliphatic carbocycles. The number of aromatic nitrogens is 2. The number of nitrogens with zero attached hydrogens (tertiary/aromatic N) is 2. The van der Waals surface area contributed by atoms with Crippen molar-refractivity contribution in [2.24, 2.45) is 0 Å². The molecule has 1 aromatic heterocycles. The first-order chi connectivity index (χ1) is 5.00. The lowest BCUT2D eigenvalue weighted by atomic mass is 10.7. The van der Waals surface area contributed by atoms with Gasteiger partial charge in [0, 0.05) is 12.3 Å². The normalized spacial score (nSPS) is 11.5. The van der Waals surface area contributed by atoms with Gasteiger partial charge in [0.05, 0.1) is 0 Å². The monoisotopic (exact) mass is 192 g/mol. The van der Waals surface area contributed by atoms with Gasteiger partial charge in [0.2, 0.25) is 0 Å². The standard InChI is InChI=1S/C5H5ClN2O2S/c1-11(9,10)5-2-4(6)7-3-8-5/h2-3H,1H3. The van der Waals surface area contributed by atoms with Gasteiger partial charge in [-0.2, -0.15) is 0 Å². The quantitative estimate of drug-likeness (QED) is 0.610. The van der Waals surface area contributed by atoms with Crippen LogP contribution in [0.25, 0.3) is 0 Å². The highest BCUT2D eigenvalue weighted by molar-refractivity contribution is 7.90. The third-order valence-corrected chi connectivity index (χ3v) is 2.18. The summed E-state index contributed by atoms with van der Waals surface area (Å²) in [5, 5.41) is 0.0675. The predicted molar refractivity (Wildman–Crippen MR) is 40.2 cm³/mol. The predicted octanol–water partition coefficient (Wildman–Crippen LogP) is 0.534. The summed E-state index contributed by atoms with van der Waals surface area (Å²) in [5.41, 5.74) is 0. The van der Waals surface area contributed by atoms with Gasteiger partial charge in [0.25, 0.3) is 0 Å². The van der Waals surface area contributed by atoms with Crippen molar-refractivity contribution in [3.8, 4) is 0 Å². The second kappa shape index (κ2) is 2.75. The van der Waals surface area contributed by atoms with Crippen molar-refractivity contribution >= 4 is 21.4 Å². The Kier molecular flexibility index (Phi) is 2.10. The van der Waals surface area contributed by atoms with E-state index in [1.807, 2.05) is 0 Å². The zero-order chi connectivity index (χ0) is 8.48. The van der Waals surface area contributed by atoms with Crippen molar-refractivity contribution in [3.05, 3.63) is 17.5 Å². The second-order valence-electron chi connectivity index (χ2n) is 1.95. The fourth-order valence-electron chi connectivity index (χ4n) is 0.520. The Hall–Kier alpha value is -0.680. The van der Waals surface area contributed by atoms with Gasteiger partial charge in [-0.25, -0.2) is 18.4 Å². The minimum atomic E-state index is -3.26. The molecule has 4 nitrogen and oxygen atoms in total. The Morgan fingerprint density at radius 2 is 2.09 bits per heavy atom. The van der Waals surface area contributed by atoms with E-state index in [1.165, 1.54) is 6.07 Å². The largest absolute Gasteiger partial charge is 0.225 e. The molecule has 0 aromatic carbocycles. The van der Waals surface area contributed by atoms with E-state index in [4.69, 9.17) is 11.6 Å². The van der Waals surface area contributed by atoms with E-state index in [9.17, 15) is 8.42 Å². The lowest BCUT2D eigenvalue weighted by Crippen LogP contribution is -2.00. The first kappa shape index (κ1) is 8.42. The van der Waals surface area contributed by atoms with Crippen molar-refractivity contribution in [3.63, 3.8) is 0 Å². The summed E-state index contributed by atoms with van der Waals surface area (Å²) in [7, 11) is -3.26. The molecule has 0 aliphatic heterocycles. The smallest absolute Gasteiger partial charge is 0.192 e. The first-order valence-electron chi connectivity index (χ1n) is 2.68. The van der Waals surface area contributed by atoms with Crippen LogP contribution in [0, 0.1) is 0 Å². The van der Waals surface area contributed by atoms with Crippen LogP contribution in [0.2, 0.25) is 5.15 Å². The SMILES string of the molecule is CS(=O)(=O)c1cc(Cl)ncn1. The highest BCUT2D eigenvalue weighted by atomic mass is 35.5. The fraction of sp³-hybridized carbons (Fsp3) is 0.200. The van der Waals surface area contributed by atoms with Crippen molar-refractivity contribution in [1.29, 1.82) is 0 Å². The van der Waals surface area contributed by atoms with Gasteiger partial charge in [-0.1, -0.05) is 11.6 Å². The summed E-state index contributed by atoms with van der Waals surface area (Å²) in [4.78, 5) is 7.07. The summed E-state index contributed by atoms with van der Waals surface area (Å²) in [6.45, 7) is 0. The molecule has 6 heteroatoms. The average molecular weight is 193 g/mol. The maximum absolute atomic E-state index is 10.8. The molecule has 1 heterocycles.